The summed E-state index contributed by atoms with van der Waals surface area (Å²) in [4.78, 5) is 3.31. The molecule has 1 aromatic carbocycles. The third kappa shape index (κ3) is 0.994. The molecule has 2 aromatic rings. The zero-order chi connectivity index (χ0) is 7.84. The standard InChI is InChI=1S/C9H8N.Al/c1-7-6-8-4-2-3-5-9(8)10-7;/h2-5,10H,1H3;. The molecule has 2 rings (SSSR count). The van der Waals surface area contributed by atoms with Gasteiger partial charge < -0.3 is 4.98 Å². The number of para-hydroxylation sites is 1. The van der Waals surface area contributed by atoms with Crippen LogP contribution in [0, 0.1) is 6.92 Å². The molecule has 0 aliphatic rings. The van der Waals surface area contributed by atoms with E-state index in [0.29, 0.717) is 0 Å². The number of rotatable bonds is 0. The van der Waals surface area contributed by atoms with Crippen molar-refractivity contribution in [2.45, 2.75) is 6.92 Å². The lowest BCUT2D eigenvalue weighted by Gasteiger charge is -1.89. The maximum Gasteiger partial charge on any atom is 0.179 e. The number of nitrogens with one attached hydrogen (secondary N) is 1. The number of hydrogen-bond donors (Lipinski definition) is 1. The van der Waals surface area contributed by atoms with E-state index >= 15 is 0 Å². The minimum Gasteiger partial charge on any atom is -0.360 e. The van der Waals surface area contributed by atoms with Gasteiger partial charge in [0.2, 0.25) is 0 Å². The van der Waals surface area contributed by atoms with Crippen LogP contribution in [-0.2, 0) is 0 Å². The molecule has 0 amide bonds. The molecule has 52 valence electrons. The Morgan fingerprint density at radius 2 is 2.00 bits per heavy atom. The van der Waals surface area contributed by atoms with E-state index < -0.39 is 0 Å². The van der Waals surface area contributed by atoms with Crippen molar-refractivity contribution in [3.8, 4) is 0 Å². The number of benzene rings is 1. The van der Waals surface area contributed by atoms with Gasteiger partial charge in [-0.1, -0.05) is 18.2 Å². The topological polar surface area (TPSA) is 15.8 Å². The van der Waals surface area contributed by atoms with E-state index in [1.54, 1.807) is 0 Å². The van der Waals surface area contributed by atoms with Crippen molar-refractivity contribution in [1.29, 1.82) is 0 Å². The zero-order valence-corrected chi connectivity index (χ0v) is 7.54. The summed E-state index contributed by atoms with van der Waals surface area (Å²) in [6, 6.07) is 8.32. The first kappa shape index (κ1) is 6.97. The average Bonchev–Trinajstić information content (AvgIpc) is 2.30. The third-order valence-corrected chi connectivity index (χ3v) is 2.69. The minimum absolute atomic E-state index is 1.22. The Labute approximate surface area is 73.8 Å². The van der Waals surface area contributed by atoms with Gasteiger partial charge in [0, 0.05) is 5.52 Å². The fourth-order valence-corrected chi connectivity index (χ4v) is 1.62. The lowest BCUT2D eigenvalue weighted by molar-refractivity contribution is 1.32. The smallest absolute Gasteiger partial charge is 0.179 e. The van der Waals surface area contributed by atoms with Gasteiger partial charge in [0.1, 0.15) is 0 Å². The van der Waals surface area contributed by atoms with Gasteiger partial charge in [0.05, 0.1) is 0 Å². The van der Waals surface area contributed by atoms with Crippen molar-refractivity contribution >= 4 is 31.6 Å². The fourth-order valence-electron chi connectivity index (χ4n) is 1.30. The van der Waals surface area contributed by atoms with Gasteiger partial charge in [0.25, 0.3) is 0 Å². The van der Waals surface area contributed by atoms with E-state index in [0.717, 1.165) is 0 Å². The number of hydrogen-bond acceptors (Lipinski definition) is 0. The molecule has 1 N–H and O–H groups in total. The molecule has 0 saturated carbocycles. The first-order valence-corrected chi connectivity index (χ1v) is 4.19. The fraction of sp³-hybridized carbons (Fsp3) is 0.111. The lowest BCUT2D eigenvalue weighted by atomic mass is 10.2. The number of aromatic nitrogens is 1. The second-order valence-electron chi connectivity index (χ2n) is 2.71. The molecule has 0 unspecified atom stereocenters. The maximum absolute atomic E-state index is 3.31. The van der Waals surface area contributed by atoms with E-state index in [9.17, 15) is 0 Å². The Hall–Kier alpha value is -0.708. The lowest BCUT2D eigenvalue weighted by Crippen LogP contribution is -2.02. The van der Waals surface area contributed by atoms with Gasteiger partial charge in [-0.05, 0) is 24.1 Å². The van der Waals surface area contributed by atoms with Crippen molar-refractivity contribution in [3.05, 3.63) is 30.0 Å². The molecule has 0 bridgehead atoms. The van der Waals surface area contributed by atoms with Crippen LogP contribution in [0.15, 0.2) is 24.3 Å². The summed E-state index contributed by atoms with van der Waals surface area (Å²) >= 11 is 2.76. The normalized spacial score (nSPS) is 10.6. The molecule has 2 heteroatoms. The van der Waals surface area contributed by atoms with Crippen molar-refractivity contribution < 1.29 is 0 Å². The Balaban J connectivity index is 2.92. The van der Waals surface area contributed by atoms with E-state index in [-0.39, 0.29) is 0 Å². The van der Waals surface area contributed by atoms with Crippen molar-refractivity contribution in [2.24, 2.45) is 0 Å². The van der Waals surface area contributed by atoms with Gasteiger partial charge >= 0.3 is 0 Å². The monoisotopic (exact) mass is 157 g/mol. The van der Waals surface area contributed by atoms with Gasteiger partial charge in [-0.2, -0.15) is 0 Å². The molecular weight excluding hydrogens is 149 g/mol. The van der Waals surface area contributed by atoms with E-state index in [2.05, 4.69) is 46.4 Å². The van der Waals surface area contributed by atoms with Crippen LogP contribution in [0.5, 0.6) is 0 Å². The first-order chi connectivity index (χ1) is 5.29. The highest BCUT2D eigenvalue weighted by molar-refractivity contribution is 6.39. The largest absolute Gasteiger partial charge is 0.360 e. The molecule has 0 spiro atoms. The Morgan fingerprint density at radius 3 is 2.73 bits per heavy atom. The van der Waals surface area contributed by atoms with Gasteiger partial charge in [-0.3, -0.25) is 0 Å². The molecule has 1 heterocycles. The molecule has 0 atom stereocenters. The number of aryl methyl sites for hydroxylation is 1. The van der Waals surface area contributed by atoms with Gasteiger partial charge in [0.15, 0.2) is 16.3 Å². The SMILES string of the molecule is Cc1[nH]c2ccccc2[c]1[Al]. The van der Waals surface area contributed by atoms with Gasteiger partial charge in [-0.25, -0.2) is 0 Å². The highest BCUT2D eigenvalue weighted by atomic mass is 27.0. The predicted molar refractivity (Wildman–Crippen MR) is 48.4 cm³/mol. The molecule has 1 nitrogen and oxygen atoms in total. The van der Waals surface area contributed by atoms with E-state index in [1.165, 1.54) is 21.0 Å². The Bertz CT molecular complexity index is 389. The molecule has 11 heavy (non-hydrogen) atoms. The first-order valence-electron chi connectivity index (χ1n) is 3.62. The van der Waals surface area contributed by atoms with Crippen LogP contribution >= 0.6 is 0 Å². The second-order valence-corrected chi connectivity index (χ2v) is 3.29. The summed E-state index contributed by atoms with van der Waals surface area (Å²) in [6.45, 7) is 2.09. The highest BCUT2D eigenvalue weighted by Gasteiger charge is 1.99. The van der Waals surface area contributed by atoms with Crippen LogP contribution in [0.2, 0.25) is 0 Å². The van der Waals surface area contributed by atoms with Crippen molar-refractivity contribution in [3.63, 3.8) is 0 Å². The van der Waals surface area contributed by atoms with Gasteiger partial charge in [-0.15, -0.1) is 4.43 Å². The van der Waals surface area contributed by atoms with Crippen LogP contribution < -0.4 is 4.43 Å². The Morgan fingerprint density at radius 1 is 1.27 bits per heavy atom. The van der Waals surface area contributed by atoms with Crippen LogP contribution in [-0.4, -0.2) is 21.3 Å². The minimum atomic E-state index is 1.22. The summed E-state index contributed by atoms with van der Waals surface area (Å²) in [6.07, 6.45) is 0. The number of H-pyrrole nitrogens is 1. The summed E-state index contributed by atoms with van der Waals surface area (Å²) < 4.78 is 1.28. The molecule has 2 radical (unpaired) electrons. The Kier molecular flexibility index (Phi) is 1.53. The van der Waals surface area contributed by atoms with Crippen molar-refractivity contribution in [2.75, 3.05) is 0 Å². The summed E-state index contributed by atoms with van der Waals surface area (Å²) in [7, 11) is 0. The summed E-state index contributed by atoms with van der Waals surface area (Å²) in [5.74, 6) is 0. The van der Waals surface area contributed by atoms with Crippen LogP contribution in [0.3, 0.4) is 0 Å². The summed E-state index contributed by atoms with van der Waals surface area (Å²) in [5, 5.41) is 1.30. The molecule has 1 aromatic heterocycles. The second kappa shape index (κ2) is 2.41. The number of aromatic amines is 1. The predicted octanol–water partition coefficient (Wildman–Crippen LogP) is 1.27. The van der Waals surface area contributed by atoms with Crippen LogP contribution in [0.1, 0.15) is 5.69 Å². The molecular formula is C9H8AlN. The van der Waals surface area contributed by atoms with Crippen molar-refractivity contribution in [1.82, 2.24) is 4.98 Å². The zero-order valence-electron chi connectivity index (χ0n) is 6.39. The highest BCUT2D eigenvalue weighted by Crippen LogP contribution is 2.10. The van der Waals surface area contributed by atoms with Crippen LogP contribution in [0.25, 0.3) is 10.9 Å². The number of fused-ring (bicyclic) bond motifs is 1. The molecule has 0 saturated heterocycles. The maximum atomic E-state index is 3.31. The van der Waals surface area contributed by atoms with Crippen LogP contribution in [0.4, 0.5) is 0 Å². The van der Waals surface area contributed by atoms with E-state index in [1.807, 2.05) is 6.07 Å². The average molecular weight is 157 g/mol. The quantitative estimate of drug-likeness (QED) is 0.554. The molecule has 0 fully saturated rings. The third-order valence-electron chi connectivity index (χ3n) is 1.94. The molecule has 0 aliphatic heterocycles. The summed E-state index contributed by atoms with van der Waals surface area (Å²) in [5.41, 5.74) is 2.45. The molecule has 0 aliphatic carbocycles. The van der Waals surface area contributed by atoms with E-state index in [4.69, 9.17) is 0 Å².